The van der Waals surface area contributed by atoms with Crippen LogP contribution in [0.5, 0.6) is 0 Å². The maximum Gasteiger partial charge on any atom is 0.257 e. The van der Waals surface area contributed by atoms with Gasteiger partial charge in [-0.15, -0.1) is 23.2 Å². The van der Waals surface area contributed by atoms with Crippen molar-refractivity contribution >= 4 is 81.2 Å². The van der Waals surface area contributed by atoms with Gasteiger partial charge < -0.3 is 10.6 Å². The van der Waals surface area contributed by atoms with Crippen molar-refractivity contribution in [2.45, 2.75) is 17.2 Å². The van der Waals surface area contributed by atoms with E-state index in [1.54, 1.807) is 25.1 Å². The largest absolute Gasteiger partial charge is 0.326 e. The maximum absolute atomic E-state index is 14.4. The summed E-state index contributed by atoms with van der Waals surface area (Å²) in [5.41, 5.74) is 1.02. The smallest absolute Gasteiger partial charge is 0.257 e. The Morgan fingerprint density at radius 2 is 1.67 bits per heavy atom. The van der Waals surface area contributed by atoms with Crippen LogP contribution in [0.1, 0.15) is 33.0 Å². The van der Waals surface area contributed by atoms with Crippen molar-refractivity contribution in [3.63, 3.8) is 0 Å². The summed E-state index contributed by atoms with van der Waals surface area (Å²) in [5, 5.41) is 15.2. The molecule has 1 aliphatic rings. The molecule has 1 aliphatic carbocycles. The van der Waals surface area contributed by atoms with Gasteiger partial charge in [0.1, 0.15) is 16.2 Å². The summed E-state index contributed by atoms with van der Waals surface area (Å²) < 4.78 is 13.0. The Balaban J connectivity index is 1.55. The second-order valence-electron chi connectivity index (χ2n) is 8.25. The van der Waals surface area contributed by atoms with Crippen LogP contribution >= 0.6 is 58.0 Å². The van der Waals surface area contributed by atoms with Gasteiger partial charge in [0.2, 0.25) is 5.91 Å². The van der Waals surface area contributed by atoms with E-state index in [-0.39, 0.29) is 27.5 Å². The first-order chi connectivity index (χ1) is 16.9. The van der Waals surface area contributed by atoms with Crippen LogP contribution in [0.15, 0.2) is 48.5 Å². The van der Waals surface area contributed by atoms with Gasteiger partial charge in [0, 0.05) is 21.7 Å². The van der Waals surface area contributed by atoms with E-state index in [1.165, 1.54) is 30.3 Å². The number of nitrogens with one attached hydrogen (secondary N) is 2. The van der Waals surface area contributed by atoms with Crippen molar-refractivity contribution in [2.24, 2.45) is 5.92 Å². The number of alkyl halides is 2. The molecule has 2 amide bonds. The summed E-state index contributed by atoms with van der Waals surface area (Å²) >= 11 is 31.1. The molecule has 5 nitrogen and oxygen atoms in total. The normalized spacial score (nSPS) is 17.7. The van der Waals surface area contributed by atoms with Gasteiger partial charge in [-0.05, 0) is 66.6 Å². The molecule has 2 atom stereocenters. The number of nitriles is 1. The molecule has 4 rings (SSSR count). The Kier molecular flexibility index (Phi) is 7.43. The third-order valence-corrected chi connectivity index (χ3v) is 7.36. The van der Waals surface area contributed by atoms with Gasteiger partial charge in [-0.3, -0.25) is 9.59 Å². The number of nitrogens with zero attached hydrogens (tertiary/aromatic N) is 1. The molecular formula is C25H15Cl5FN3O2. The van der Waals surface area contributed by atoms with Crippen LogP contribution in [0.4, 0.5) is 15.8 Å². The highest BCUT2D eigenvalue weighted by Gasteiger charge is 2.67. The second-order valence-corrected chi connectivity index (χ2v) is 11.0. The molecule has 1 saturated carbocycles. The lowest BCUT2D eigenvalue weighted by Crippen LogP contribution is -2.19. The van der Waals surface area contributed by atoms with E-state index in [9.17, 15) is 19.2 Å². The van der Waals surface area contributed by atoms with Gasteiger partial charge in [0.05, 0.1) is 27.8 Å². The fraction of sp³-hybridized carbons (Fsp3) is 0.160. The molecule has 11 heteroatoms. The van der Waals surface area contributed by atoms with Crippen LogP contribution in [0, 0.1) is 30.0 Å². The zero-order valence-corrected chi connectivity index (χ0v) is 22.1. The van der Waals surface area contributed by atoms with E-state index in [0.29, 0.717) is 21.2 Å². The molecule has 2 N–H and O–H groups in total. The zero-order valence-electron chi connectivity index (χ0n) is 18.3. The van der Waals surface area contributed by atoms with Gasteiger partial charge in [-0.1, -0.05) is 34.8 Å². The standard InChI is InChI=1S/C25H15Cl5FN3O2/c1-11-4-13(10-32)22(19(31)5-11)34-23(35)17-9-16(2-3-18(17)28)33-24(36)21-20(25(21,29)30)12-6-14(26)8-15(27)7-12/h2-9,20-21H,1H3,(H,33,36)(H,34,35). The second kappa shape index (κ2) is 10.1. The number of hydrogen-bond acceptors (Lipinski definition) is 3. The first-order valence-electron chi connectivity index (χ1n) is 10.4. The molecule has 0 saturated heterocycles. The summed E-state index contributed by atoms with van der Waals surface area (Å²) in [4.78, 5) is 25.9. The summed E-state index contributed by atoms with van der Waals surface area (Å²) in [6.07, 6.45) is 0. The number of rotatable bonds is 5. The minimum atomic E-state index is -1.39. The predicted octanol–water partition coefficient (Wildman–Crippen LogP) is 7.74. The SMILES string of the molecule is Cc1cc(F)c(NC(=O)c2cc(NC(=O)C3C(c4cc(Cl)cc(Cl)c4)C3(Cl)Cl)ccc2Cl)c(C#N)c1. The van der Waals surface area contributed by atoms with Gasteiger partial charge in [-0.2, -0.15) is 5.26 Å². The zero-order chi connectivity index (χ0) is 26.4. The van der Waals surface area contributed by atoms with Crippen molar-refractivity contribution < 1.29 is 14.0 Å². The summed E-state index contributed by atoms with van der Waals surface area (Å²) in [7, 11) is 0. The van der Waals surface area contributed by atoms with Gasteiger partial charge >= 0.3 is 0 Å². The molecule has 0 radical (unpaired) electrons. The minimum absolute atomic E-state index is 0.0390. The Labute approximate surface area is 231 Å². The third-order valence-electron chi connectivity index (χ3n) is 5.65. The van der Waals surface area contributed by atoms with Crippen LogP contribution in [0.25, 0.3) is 0 Å². The maximum atomic E-state index is 14.4. The number of aryl methyl sites for hydroxylation is 1. The average Bonchev–Trinajstić information content (AvgIpc) is 3.38. The predicted molar refractivity (Wildman–Crippen MR) is 141 cm³/mol. The molecular weight excluding hydrogens is 571 g/mol. The molecule has 0 heterocycles. The fourth-order valence-electron chi connectivity index (χ4n) is 3.96. The minimum Gasteiger partial charge on any atom is -0.326 e. The Morgan fingerprint density at radius 3 is 2.31 bits per heavy atom. The number of carbonyl (C=O) groups excluding carboxylic acids is 2. The van der Waals surface area contributed by atoms with E-state index < -0.39 is 33.8 Å². The van der Waals surface area contributed by atoms with Crippen molar-refractivity contribution in [1.29, 1.82) is 5.26 Å². The monoisotopic (exact) mass is 583 g/mol. The number of hydrogen-bond donors (Lipinski definition) is 2. The first kappa shape index (κ1) is 26.5. The Morgan fingerprint density at radius 1 is 1.00 bits per heavy atom. The number of carbonyl (C=O) groups is 2. The number of benzene rings is 3. The van der Waals surface area contributed by atoms with E-state index in [2.05, 4.69) is 10.6 Å². The van der Waals surface area contributed by atoms with Crippen molar-refractivity contribution in [3.8, 4) is 6.07 Å². The molecule has 1 fully saturated rings. The van der Waals surface area contributed by atoms with Gasteiger partial charge in [0.15, 0.2) is 0 Å². The average molecular weight is 586 g/mol. The van der Waals surface area contributed by atoms with Crippen molar-refractivity contribution in [2.75, 3.05) is 10.6 Å². The molecule has 2 unspecified atom stereocenters. The van der Waals surface area contributed by atoms with Crippen molar-refractivity contribution in [1.82, 2.24) is 0 Å². The lowest BCUT2D eigenvalue weighted by Gasteiger charge is -2.12. The number of anilines is 2. The summed E-state index contributed by atoms with van der Waals surface area (Å²) in [6.45, 7) is 1.63. The van der Waals surface area contributed by atoms with E-state index in [4.69, 9.17) is 58.0 Å². The Hall–Kier alpha value is -2.53. The molecule has 3 aromatic rings. The van der Waals surface area contributed by atoms with E-state index in [0.717, 1.165) is 0 Å². The van der Waals surface area contributed by atoms with Crippen LogP contribution in [-0.4, -0.2) is 16.1 Å². The highest BCUT2D eigenvalue weighted by Crippen LogP contribution is 2.65. The van der Waals surface area contributed by atoms with E-state index >= 15 is 0 Å². The molecule has 36 heavy (non-hydrogen) atoms. The van der Waals surface area contributed by atoms with Crippen molar-refractivity contribution in [3.05, 3.63) is 91.7 Å². The molecule has 0 bridgehead atoms. The first-order valence-corrected chi connectivity index (χ1v) is 12.3. The number of halogens is 6. The van der Waals surface area contributed by atoms with E-state index in [1.807, 2.05) is 6.07 Å². The topological polar surface area (TPSA) is 82.0 Å². The fourth-order valence-corrected chi connectivity index (χ4v) is 5.53. The quantitative estimate of drug-likeness (QED) is 0.301. The summed E-state index contributed by atoms with van der Waals surface area (Å²) in [6, 6.07) is 13.5. The van der Waals surface area contributed by atoms with Gasteiger partial charge in [0.25, 0.3) is 5.91 Å². The lowest BCUT2D eigenvalue weighted by atomic mass is 10.1. The summed E-state index contributed by atoms with van der Waals surface area (Å²) in [5.74, 6) is -3.39. The molecule has 184 valence electrons. The van der Waals surface area contributed by atoms with Gasteiger partial charge in [-0.25, -0.2) is 4.39 Å². The van der Waals surface area contributed by atoms with Crippen LogP contribution < -0.4 is 10.6 Å². The number of amides is 2. The lowest BCUT2D eigenvalue weighted by molar-refractivity contribution is -0.117. The highest BCUT2D eigenvalue weighted by molar-refractivity contribution is 6.53. The Bertz CT molecular complexity index is 1430. The highest BCUT2D eigenvalue weighted by atomic mass is 35.5. The molecule has 0 aliphatic heterocycles. The molecule has 0 aromatic heterocycles. The molecule has 3 aromatic carbocycles. The molecule has 0 spiro atoms. The third kappa shape index (κ3) is 5.27. The van der Waals surface area contributed by atoms with Crippen LogP contribution in [0.3, 0.4) is 0 Å². The van der Waals surface area contributed by atoms with Crippen LogP contribution in [-0.2, 0) is 4.79 Å². The van der Waals surface area contributed by atoms with Crippen LogP contribution in [0.2, 0.25) is 15.1 Å².